The second kappa shape index (κ2) is 9.80. The van der Waals surface area contributed by atoms with Crippen LogP contribution in [0.5, 0.6) is 5.88 Å². The number of rotatable bonds is 3. The smallest absolute Gasteiger partial charge is 0.422 e. The minimum atomic E-state index is -5.92. The summed E-state index contributed by atoms with van der Waals surface area (Å²) in [5, 5.41) is 13.4. The van der Waals surface area contributed by atoms with Gasteiger partial charge in [-0.3, -0.25) is 4.79 Å². The van der Waals surface area contributed by atoms with Gasteiger partial charge >= 0.3 is 18.5 Å². The molecule has 0 amide bonds. The van der Waals surface area contributed by atoms with Gasteiger partial charge in [-0.15, -0.1) is 0 Å². The number of aromatic nitrogens is 2. The Hall–Kier alpha value is -3.27. The van der Waals surface area contributed by atoms with E-state index < -0.39 is 97.3 Å². The molecule has 1 aromatic heterocycles. The van der Waals surface area contributed by atoms with Crippen molar-refractivity contribution in [2.75, 3.05) is 0 Å². The number of ketones is 1. The minimum Gasteiger partial charge on any atom is -0.493 e. The molecule has 3 rings (SSSR count). The van der Waals surface area contributed by atoms with E-state index in [9.17, 15) is 67.0 Å². The van der Waals surface area contributed by atoms with Gasteiger partial charge in [0.25, 0.3) is 0 Å². The second-order valence-corrected chi connectivity index (χ2v) is 7.30. The van der Waals surface area contributed by atoms with Gasteiger partial charge < -0.3 is 5.11 Å². The van der Waals surface area contributed by atoms with E-state index in [2.05, 4.69) is 5.10 Å². The van der Waals surface area contributed by atoms with Gasteiger partial charge in [0.05, 0.1) is 16.8 Å². The van der Waals surface area contributed by atoms with Crippen LogP contribution < -0.4 is 0 Å². The van der Waals surface area contributed by atoms with E-state index >= 15 is 0 Å². The SMILES string of the molecule is Cc1nn(-c2c(F)c(F)c(C(F)(F)F)c(F)c2F)c(O)c1C(=O)c1cc(C(F)(F)F)cc(C(F)(F)F)c1.[Mn]. The predicted molar refractivity (Wildman–Crippen MR) is 94.7 cm³/mol. The van der Waals surface area contributed by atoms with Gasteiger partial charge in [-0.1, -0.05) is 0 Å². The first kappa shape index (κ1) is 31.0. The van der Waals surface area contributed by atoms with E-state index in [0.29, 0.717) is 0 Å². The quantitative estimate of drug-likeness (QED) is 0.155. The van der Waals surface area contributed by atoms with E-state index in [1.54, 1.807) is 0 Å². The molecule has 2 aromatic carbocycles. The van der Waals surface area contributed by atoms with Gasteiger partial charge in [0.2, 0.25) is 5.88 Å². The van der Waals surface area contributed by atoms with Crippen LogP contribution in [-0.2, 0) is 35.6 Å². The summed E-state index contributed by atoms with van der Waals surface area (Å²) in [5.74, 6) is -15.0. The van der Waals surface area contributed by atoms with Crippen molar-refractivity contribution in [2.24, 2.45) is 0 Å². The van der Waals surface area contributed by atoms with Crippen molar-refractivity contribution >= 4 is 5.78 Å². The number of benzene rings is 2. The van der Waals surface area contributed by atoms with Crippen LogP contribution in [0.4, 0.5) is 57.1 Å². The fraction of sp³-hybridized carbons (Fsp3) is 0.200. The van der Waals surface area contributed by atoms with Crippen LogP contribution in [0.3, 0.4) is 0 Å². The fourth-order valence-corrected chi connectivity index (χ4v) is 3.22. The van der Waals surface area contributed by atoms with Gasteiger partial charge in [-0.25, -0.2) is 17.6 Å². The minimum absolute atomic E-state index is 0. The van der Waals surface area contributed by atoms with E-state index in [1.807, 2.05) is 0 Å². The Morgan fingerprint density at radius 3 is 1.55 bits per heavy atom. The number of halogens is 13. The number of carbonyl (C=O) groups excluding carboxylic acids is 1. The molecular weight excluding hydrogens is 602 g/mol. The summed E-state index contributed by atoms with van der Waals surface area (Å²) in [6.07, 6.45) is -16.7. The molecule has 38 heavy (non-hydrogen) atoms. The van der Waals surface area contributed by atoms with E-state index in [1.165, 1.54) is 0 Å². The zero-order valence-electron chi connectivity index (χ0n) is 17.8. The first-order chi connectivity index (χ1) is 16.7. The van der Waals surface area contributed by atoms with Crippen LogP contribution in [0.25, 0.3) is 5.69 Å². The average molecular weight is 609 g/mol. The molecule has 0 saturated heterocycles. The average Bonchev–Trinajstić information content (AvgIpc) is 3.03. The molecule has 0 aliphatic carbocycles. The van der Waals surface area contributed by atoms with Crippen molar-refractivity contribution in [3.63, 3.8) is 0 Å². The van der Waals surface area contributed by atoms with Crippen molar-refractivity contribution in [3.05, 3.63) is 75.0 Å². The number of nitrogens with zero attached hydrogens (tertiary/aromatic N) is 2. The fourth-order valence-electron chi connectivity index (χ4n) is 3.22. The van der Waals surface area contributed by atoms with Gasteiger partial charge in [0.15, 0.2) is 29.1 Å². The summed E-state index contributed by atoms with van der Waals surface area (Å²) in [4.78, 5) is 12.7. The van der Waals surface area contributed by atoms with Crippen LogP contribution in [0, 0.1) is 30.2 Å². The largest absolute Gasteiger partial charge is 0.493 e. The predicted octanol–water partition coefficient (Wildman–Crippen LogP) is 6.73. The normalized spacial score (nSPS) is 12.5. The molecule has 18 heteroatoms. The van der Waals surface area contributed by atoms with Gasteiger partial charge in [0, 0.05) is 22.6 Å². The number of aromatic hydroxyl groups is 1. The zero-order valence-corrected chi connectivity index (χ0v) is 19.0. The van der Waals surface area contributed by atoms with Crippen molar-refractivity contribution in [1.82, 2.24) is 9.78 Å². The Morgan fingerprint density at radius 1 is 0.763 bits per heavy atom. The summed E-state index contributed by atoms with van der Waals surface area (Å²) in [7, 11) is 0. The maximum Gasteiger partial charge on any atom is 0.422 e. The molecule has 3 aromatic rings. The molecule has 0 spiro atoms. The van der Waals surface area contributed by atoms with Crippen LogP contribution in [0.15, 0.2) is 18.2 Å². The molecule has 0 unspecified atom stereocenters. The third-order valence-corrected chi connectivity index (χ3v) is 4.85. The number of alkyl halides is 9. The molecule has 0 saturated carbocycles. The Labute approximate surface area is 212 Å². The Balaban J connectivity index is 0.00000507. The Kier molecular flexibility index (Phi) is 7.98. The van der Waals surface area contributed by atoms with Gasteiger partial charge in [0.1, 0.15) is 16.8 Å². The van der Waals surface area contributed by atoms with Crippen LogP contribution >= 0.6 is 0 Å². The molecule has 0 aliphatic heterocycles. The molecule has 1 N–H and O–H groups in total. The van der Waals surface area contributed by atoms with E-state index in [4.69, 9.17) is 0 Å². The summed E-state index contributed by atoms with van der Waals surface area (Å²) in [5.41, 5.74) is -12.4. The number of hydrogen-bond acceptors (Lipinski definition) is 3. The number of carbonyl (C=O) groups is 1. The molecule has 0 bridgehead atoms. The zero-order chi connectivity index (χ0) is 28.4. The molecule has 0 aliphatic rings. The topological polar surface area (TPSA) is 55.1 Å². The van der Waals surface area contributed by atoms with E-state index in [-0.39, 0.29) is 35.3 Å². The van der Waals surface area contributed by atoms with Crippen LogP contribution in [0.2, 0.25) is 0 Å². The monoisotopic (exact) mass is 609 g/mol. The van der Waals surface area contributed by atoms with Crippen LogP contribution in [0.1, 0.15) is 38.3 Å². The first-order valence-electron chi connectivity index (χ1n) is 9.24. The van der Waals surface area contributed by atoms with Gasteiger partial charge in [-0.2, -0.15) is 49.3 Å². The summed E-state index contributed by atoms with van der Waals surface area (Å²) in [6, 6.07) is -0.426. The van der Waals surface area contributed by atoms with Crippen LogP contribution in [-0.4, -0.2) is 20.7 Å². The number of hydrogen-bond donors (Lipinski definition) is 1. The molecule has 1 heterocycles. The third-order valence-electron chi connectivity index (χ3n) is 4.85. The standard InChI is InChI=1S/C20H7F13N2O2.Mn/c1-5-9(16(36)6-2-7(18(25,26)27)4-8(3-6)19(28,29)30)17(37)35(34-5)15-13(23)11(21)10(20(31,32)33)12(22)14(15)24;/h2-4,37H,1H3;. The van der Waals surface area contributed by atoms with Crippen molar-refractivity contribution in [1.29, 1.82) is 0 Å². The molecule has 4 nitrogen and oxygen atoms in total. The Morgan fingerprint density at radius 2 is 1.18 bits per heavy atom. The van der Waals surface area contributed by atoms with Gasteiger partial charge in [-0.05, 0) is 25.1 Å². The first-order valence-corrected chi connectivity index (χ1v) is 9.24. The van der Waals surface area contributed by atoms with Crippen molar-refractivity contribution < 1.29 is 84.0 Å². The molecule has 0 fully saturated rings. The maximum atomic E-state index is 14.3. The molecule has 207 valence electrons. The number of aryl methyl sites for hydroxylation is 1. The summed E-state index contributed by atoms with van der Waals surface area (Å²) >= 11 is 0. The molecule has 0 atom stereocenters. The second-order valence-electron chi connectivity index (χ2n) is 7.30. The van der Waals surface area contributed by atoms with Crippen molar-refractivity contribution in [3.8, 4) is 11.6 Å². The maximum absolute atomic E-state index is 14.3. The Bertz CT molecular complexity index is 1360. The third kappa shape index (κ3) is 5.32. The van der Waals surface area contributed by atoms with E-state index in [0.717, 1.165) is 6.92 Å². The summed E-state index contributed by atoms with van der Waals surface area (Å²) < 4.78 is 173. The molecule has 1 radical (unpaired) electrons. The van der Waals surface area contributed by atoms with Crippen molar-refractivity contribution in [2.45, 2.75) is 25.5 Å². The molecular formula is C20H7F13MnN2O2. The summed E-state index contributed by atoms with van der Waals surface area (Å²) in [6.45, 7) is 0.744.